The lowest BCUT2D eigenvalue weighted by molar-refractivity contribution is 0.0606. The van der Waals surface area contributed by atoms with Crippen molar-refractivity contribution < 1.29 is 8.78 Å². The topological polar surface area (TPSA) is 33.1 Å². The molecule has 3 aliphatic heterocycles. The Bertz CT molecular complexity index is 399. The Balaban J connectivity index is 1.59. The van der Waals surface area contributed by atoms with E-state index in [9.17, 15) is 8.78 Å². The number of hydrogen-bond acceptors (Lipinski definition) is 3. The lowest BCUT2D eigenvalue weighted by atomic mass is 9.84. The van der Waals surface area contributed by atoms with Crippen molar-refractivity contribution in [2.45, 2.75) is 32.0 Å². The zero-order chi connectivity index (χ0) is 12.5. The van der Waals surface area contributed by atoms with Crippen molar-refractivity contribution in [2.75, 3.05) is 19.6 Å². The van der Waals surface area contributed by atoms with Crippen molar-refractivity contribution in [1.82, 2.24) is 19.8 Å². The molecular weight excluding hydrogens is 238 g/mol. The number of hydrogen-bond donors (Lipinski definition) is 1. The Morgan fingerprint density at radius 2 is 2.17 bits per heavy atom. The highest BCUT2D eigenvalue weighted by molar-refractivity contribution is 4.96. The average Bonchev–Trinajstić information content (AvgIpc) is 2.86. The van der Waals surface area contributed by atoms with Gasteiger partial charge in [0.05, 0.1) is 6.54 Å². The van der Waals surface area contributed by atoms with E-state index in [-0.39, 0.29) is 0 Å². The van der Waals surface area contributed by atoms with Gasteiger partial charge in [0, 0.05) is 25.0 Å². The van der Waals surface area contributed by atoms with Crippen LogP contribution in [0.2, 0.25) is 0 Å². The molecule has 3 saturated heterocycles. The van der Waals surface area contributed by atoms with Crippen molar-refractivity contribution >= 4 is 0 Å². The van der Waals surface area contributed by atoms with Crippen LogP contribution in [-0.4, -0.2) is 40.1 Å². The zero-order valence-corrected chi connectivity index (χ0v) is 10.2. The summed E-state index contributed by atoms with van der Waals surface area (Å²) in [7, 11) is 0. The second-order valence-electron chi connectivity index (χ2n) is 5.15. The Morgan fingerprint density at radius 1 is 1.39 bits per heavy atom. The quantitative estimate of drug-likeness (QED) is 0.885. The first-order valence-corrected chi connectivity index (χ1v) is 6.49. The minimum Gasteiger partial charge on any atom is -0.306 e. The normalized spacial score (nSPS) is 31.2. The predicted molar refractivity (Wildman–Crippen MR) is 63.3 cm³/mol. The van der Waals surface area contributed by atoms with Gasteiger partial charge in [0.1, 0.15) is 5.82 Å². The molecule has 3 fully saturated rings. The zero-order valence-electron chi connectivity index (χ0n) is 10.2. The third-order valence-corrected chi connectivity index (χ3v) is 4.14. The fraction of sp³-hybridized carbons (Fsp3) is 0.750. The van der Waals surface area contributed by atoms with Crippen LogP contribution in [0.1, 0.15) is 25.2 Å². The summed E-state index contributed by atoms with van der Waals surface area (Å²) < 4.78 is 26.3. The highest BCUT2D eigenvalue weighted by Crippen LogP contribution is 2.27. The maximum absolute atomic E-state index is 12.7. The van der Waals surface area contributed by atoms with E-state index >= 15 is 0 Å². The average molecular weight is 256 g/mol. The molecule has 0 spiro atoms. The summed E-state index contributed by atoms with van der Waals surface area (Å²) in [5.41, 5.74) is 0. The van der Waals surface area contributed by atoms with Crippen molar-refractivity contribution in [3.8, 4) is 0 Å². The third-order valence-electron chi connectivity index (χ3n) is 4.14. The molecule has 4 heterocycles. The van der Waals surface area contributed by atoms with Gasteiger partial charge in [-0.1, -0.05) is 0 Å². The third kappa shape index (κ3) is 2.27. The summed E-state index contributed by atoms with van der Waals surface area (Å²) in [6, 6.07) is 0.426. The van der Waals surface area contributed by atoms with E-state index in [1.165, 1.54) is 38.3 Å². The van der Waals surface area contributed by atoms with Gasteiger partial charge in [-0.25, -0.2) is 4.98 Å². The van der Waals surface area contributed by atoms with E-state index in [4.69, 9.17) is 0 Å². The molecule has 1 aromatic rings. The van der Waals surface area contributed by atoms with Gasteiger partial charge < -0.3 is 10.2 Å². The minimum atomic E-state index is -2.50. The van der Waals surface area contributed by atoms with Crippen LogP contribution in [0.25, 0.3) is 0 Å². The van der Waals surface area contributed by atoms with Gasteiger partial charge in [0.2, 0.25) is 0 Å². The number of aromatic nitrogens is 2. The van der Waals surface area contributed by atoms with E-state index < -0.39 is 6.55 Å². The van der Waals surface area contributed by atoms with Crippen molar-refractivity contribution in [3.05, 3.63) is 18.2 Å². The molecule has 3 aliphatic rings. The van der Waals surface area contributed by atoms with Crippen LogP contribution in [-0.2, 0) is 6.54 Å². The van der Waals surface area contributed by atoms with Crippen molar-refractivity contribution in [3.63, 3.8) is 0 Å². The minimum absolute atomic E-state index is 0.418. The molecule has 0 saturated carbocycles. The number of imidazole rings is 1. The number of rotatable bonds is 4. The monoisotopic (exact) mass is 256 g/mol. The van der Waals surface area contributed by atoms with Gasteiger partial charge in [-0.3, -0.25) is 4.57 Å². The lowest BCUT2D eigenvalue weighted by Gasteiger charge is -2.45. The second-order valence-corrected chi connectivity index (χ2v) is 5.15. The van der Waals surface area contributed by atoms with E-state index in [0.717, 1.165) is 11.1 Å². The van der Waals surface area contributed by atoms with Gasteiger partial charge in [-0.05, 0) is 31.8 Å². The van der Waals surface area contributed by atoms with E-state index in [1.54, 1.807) is 0 Å². The molecular formula is C12H18F2N4. The highest BCUT2D eigenvalue weighted by Gasteiger charge is 2.33. The summed E-state index contributed by atoms with van der Waals surface area (Å²) in [6.07, 6.45) is 5.21. The van der Waals surface area contributed by atoms with Gasteiger partial charge >= 0.3 is 6.55 Å². The molecule has 0 amide bonds. The molecule has 1 unspecified atom stereocenters. The standard InChI is InChI=1S/C12H18F2N4/c13-12(14)18-6-3-15-11(18)7-16-10-8-17-4-1-9(10)2-5-17/h3,6,9-10,12,16H,1-2,4-5,7-8H2. The molecule has 0 aliphatic carbocycles. The Kier molecular flexibility index (Phi) is 3.30. The first kappa shape index (κ1) is 12.0. The molecule has 6 heteroatoms. The molecule has 18 heavy (non-hydrogen) atoms. The largest absolute Gasteiger partial charge is 0.319 e. The molecule has 100 valence electrons. The van der Waals surface area contributed by atoms with E-state index in [2.05, 4.69) is 15.2 Å². The first-order valence-electron chi connectivity index (χ1n) is 6.49. The first-order chi connectivity index (χ1) is 8.74. The maximum atomic E-state index is 12.7. The second kappa shape index (κ2) is 4.93. The number of fused-ring (bicyclic) bond motifs is 3. The molecule has 1 atom stereocenters. The van der Waals surface area contributed by atoms with Gasteiger partial charge in [-0.2, -0.15) is 8.78 Å². The fourth-order valence-electron chi connectivity index (χ4n) is 3.08. The number of nitrogens with zero attached hydrogens (tertiary/aromatic N) is 3. The van der Waals surface area contributed by atoms with E-state index in [0.29, 0.717) is 24.3 Å². The van der Waals surface area contributed by atoms with Crippen LogP contribution in [0.5, 0.6) is 0 Å². The Hall–Kier alpha value is -1.01. The van der Waals surface area contributed by atoms with E-state index in [1.807, 2.05) is 0 Å². The SMILES string of the molecule is FC(F)n1ccnc1CNC1CN2CCC1CC2. The maximum Gasteiger partial charge on any atom is 0.319 e. The van der Waals surface area contributed by atoms with Gasteiger partial charge in [-0.15, -0.1) is 0 Å². The summed E-state index contributed by atoms with van der Waals surface area (Å²) in [4.78, 5) is 6.43. The van der Waals surface area contributed by atoms with Crippen LogP contribution >= 0.6 is 0 Å². The lowest BCUT2D eigenvalue weighted by Crippen LogP contribution is -2.55. The Morgan fingerprint density at radius 3 is 2.78 bits per heavy atom. The molecule has 0 aromatic carbocycles. The predicted octanol–water partition coefficient (Wildman–Crippen LogP) is 1.46. The Labute approximate surface area is 105 Å². The highest BCUT2D eigenvalue weighted by atomic mass is 19.3. The van der Waals surface area contributed by atoms with Gasteiger partial charge in [0.15, 0.2) is 0 Å². The van der Waals surface area contributed by atoms with Crippen LogP contribution < -0.4 is 5.32 Å². The molecule has 4 rings (SSSR count). The molecule has 4 nitrogen and oxygen atoms in total. The van der Waals surface area contributed by atoms with Gasteiger partial charge in [0.25, 0.3) is 0 Å². The number of halogens is 2. The molecule has 1 N–H and O–H groups in total. The summed E-state index contributed by atoms with van der Waals surface area (Å²) >= 11 is 0. The molecule has 0 radical (unpaired) electrons. The summed E-state index contributed by atoms with van der Waals surface area (Å²) in [5.74, 6) is 1.12. The van der Waals surface area contributed by atoms with Crippen LogP contribution in [0.15, 0.2) is 12.4 Å². The van der Waals surface area contributed by atoms with Crippen molar-refractivity contribution in [1.29, 1.82) is 0 Å². The fourth-order valence-corrected chi connectivity index (χ4v) is 3.08. The number of piperidine rings is 3. The van der Waals surface area contributed by atoms with Crippen LogP contribution in [0.4, 0.5) is 8.78 Å². The number of alkyl halides is 2. The molecule has 1 aromatic heterocycles. The van der Waals surface area contributed by atoms with Crippen LogP contribution in [0.3, 0.4) is 0 Å². The van der Waals surface area contributed by atoms with Crippen molar-refractivity contribution in [2.24, 2.45) is 5.92 Å². The smallest absolute Gasteiger partial charge is 0.306 e. The van der Waals surface area contributed by atoms with Crippen LogP contribution in [0, 0.1) is 5.92 Å². The summed E-state index contributed by atoms with van der Waals surface area (Å²) in [6.45, 7) is 1.34. The number of nitrogens with one attached hydrogen (secondary N) is 1. The summed E-state index contributed by atoms with van der Waals surface area (Å²) in [5, 5.41) is 3.39. The molecule has 2 bridgehead atoms.